The number of aliphatic hydroxyl groups excluding tert-OH is 1. The summed E-state index contributed by atoms with van der Waals surface area (Å²) in [6.45, 7) is 9.49. The van der Waals surface area contributed by atoms with Crippen LogP contribution in [0.15, 0.2) is 0 Å². The highest BCUT2D eigenvalue weighted by atomic mass is 31.2. The lowest BCUT2D eigenvalue weighted by Crippen LogP contribution is -2.30. The van der Waals surface area contributed by atoms with E-state index in [1.54, 1.807) is 0 Å². The van der Waals surface area contributed by atoms with Gasteiger partial charge in [0.25, 0.3) is 0 Å². The first-order valence-electron chi connectivity index (χ1n) is 37.0. The van der Waals surface area contributed by atoms with Crippen molar-refractivity contribution in [2.45, 2.75) is 381 Å². The monoisotopic (exact) mass is 1320 g/mol. The van der Waals surface area contributed by atoms with Gasteiger partial charge in [0.2, 0.25) is 0 Å². The Kier molecular flexibility index (Phi) is 61.8. The van der Waals surface area contributed by atoms with E-state index in [0.29, 0.717) is 31.6 Å². The molecule has 3 N–H and O–H groups in total. The molecule has 534 valence electrons. The van der Waals surface area contributed by atoms with Gasteiger partial charge >= 0.3 is 39.5 Å². The van der Waals surface area contributed by atoms with Crippen molar-refractivity contribution in [1.82, 2.24) is 0 Å². The summed E-state index contributed by atoms with van der Waals surface area (Å²) in [6.07, 6.45) is 48.7. The van der Waals surface area contributed by atoms with Crippen molar-refractivity contribution in [2.75, 3.05) is 39.6 Å². The fourth-order valence-corrected chi connectivity index (χ4v) is 12.3. The number of phosphoric acid groups is 2. The van der Waals surface area contributed by atoms with Crippen LogP contribution in [0.4, 0.5) is 0 Å². The SMILES string of the molecule is CCCCCCCCCCCCCCC(=O)OC[C@H](COP(=O)(O)OC[C@@H](O)COP(=O)(O)OC[C@@H](COC(=O)CCCCCCCCC(C)C)OC(=O)CCCCCCCCCCCC)OC(=O)CCCCCCCCCCCCCCCCCCC(C)C. The Morgan fingerprint density at radius 1 is 0.300 bits per heavy atom. The van der Waals surface area contributed by atoms with E-state index >= 15 is 0 Å². The van der Waals surface area contributed by atoms with Gasteiger partial charge in [-0.25, -0.2) is 9.13 Å². The molecule has 0 spiro atoms. The Hall–Kier alpha value is -1.94. The average Bonchev–Trinajstić information content (AvgIpc) is 3.72. The van der Waals surface area contributed by atoms with Crippen LogP contribution >= 0.6 is 15.6 Å². The van der Waals surface area contributed by atoms with Crippen molar-refractivity contribution in [3.8, 4) is 0 Å². The Morgan fingerprint density at radius 3 is 0.756 bits per heavy atom. The van der Waals surface area contributed by atoms with Crippen LogP contribution in [0.2, 0.25) is 0 Å². The number of carbonyl (C=O) groups is 4. The molecular formula is C71H138O17P2. The molecule has 0 aliphatic rings. The number of aliphatic hydroxyl groups is 1. The summed E-state index contributed by atoms with van der Waals surface area (Å²) in [7, 11) is -9.90. The largest absolute Gasteiger partial charge is 0.472 e. The number of phosphoric ester groups is 2. The lowest BCUT2D eigenvalue weighted by atomic mass is 10.0. The molecule has 0 rings (SSSR count). The topological polar surface area (TPSA) is 237 Å². The van der Waals surface area contributed by atoms with Gasteiger partial charge in [0, 0.05) is 25.7 Å². The molecule has 0 aromatic heterocycles. The predicted octanol–water partition coefficient (Wildman–Crippen LogP) is 20.4. The Bertz CT molecular complexity index is 1750. The van der Waals surface area contributed by atoms with Crippen LogP contribution in [-0.4, -0.2) is 96.7 Å². The lowest BCUT2D eigenvalue weighted by molar-refractivity contribution is -0.161. The molecule has 0 radical (unpaired) electrons. The van der Waals surface area contributed by atoms with Gasteiger partial charge in [-0.15, -0.1) is 0 Å². The number of esters is 4. The maximum atomic E-state index is 13.0. The van der Waals surface area contributed by atoms with Crippen LogP contribution in [0.25, 0.3) is 0 Å². The molecular weight excluding hydrogens is 1190 g/mol. The molecule has 0 heterocycles. The van der Waals surface area contributed by atoms with Crippen molar-refractivity contribution < 1.29 is 80.2 Å². The lowest BCUT2D eigenvalue weighted by Gasteiger charge is -2.21. The van der Waals surface area contributed by atoms with Crippen LogP contribution in [0.5, 0.6) is 0 Å². The summed E-state index contributed by atoms with van der Waals surface area (Å²) < 4.78 is 68.2. The van der Waals surface area contributed by atoms with E-state index in [1.807, 2.05) is 0 Å². The maximum Gasteiger partial charge on any atom is 0.472 e. The Morgan fingerprint density at radius 2 is 0.511 bits per heavy atom. The number of unbranched alkanes of at least 4 members (excludes halogenated alkanes) is 40. The van der Waals surface area contributed by atoms with E-state index < -0.39 is 97.5 Å². The minimum absolute atomic E-state index is 0.105. The van der Waals surface area contributed by atoms with Crippen LogP contribution in [0.3, 0.4) is 0 Å². The zero-order chi connectivity index (χ0) is 66.5. The second-order valence-electron chi connectivity index (χ2n) is 26.6. The van der Waals surface area contributed by atoms with Gasteiger partial charge in [-0.3, -0.25) is 37.3 Å². The van der Waals surface area contributed by atoms with Gasteiger partial charge in [-0.2, -0.15) is 0 Å². The Labute approximate surface area is 549 Å². The average molecular weight is 1330 g/mol. The fraction of sp³-hybridized carbons (Fsp3) is 0.944. The van der Waals surface area contributed by atoms with Crippen molar-refractivity contribution in [1.29, 1.82) is 0 Å². The van der Waals surface area contributed by atoms with Crippen LogP contribution in [0.1, 0.15) is 363 Å². The zero-order valence-corrected chi connectivity index (χ0v) is 60.2. The number of ether oxygens (including phenoxy) is 4. The molecule has 0 aromatic rings. The second kappa shape index (κ2) is 63.1. The molecule has 0 saturated carbocycles. The van der Waals surface area contributed by atoms with Crippen LogP contribution in [-0.2, 0) is 65.4 Å². The number of carbonyl (C=O) groups excluding carboxylic acids is 4. The molecule has 0 aromatic carbocycles. The molecule has 2 unspecified atom stereocenters. The minimum Gasteiger partial charge on any atom is -0.462 e. The number of rotatable bonds is 70. The first-order valence-corrected chi connectivity index (χ1v) is 40.0. The third kappa shape index (κ3) is 64.8. The Balaban J connectivity index is 5.19. The highest BCUT2D eigenvalue weighted by molar-refractivity contribution is 7.47. The third-order valence-corrected chi connectivity index (χ3v) is 18.4. The second-order valence-corrected chi connectivity index (χ2v) is 29.5. The summed E-state index contributed by atoms with van der Waals surface area (Å²) in [5.74, 6) is -0.635. The third-order valence-electron chi connectivity index (χ3n) is 16.5. The smallest absolute Gasteiger partial charge is 0.462 e. The van der Waals surface area contributed by atoms with Gasteiger partial charge < -0.3 is 33.8 Å². The number of hydrogen-bond acceptors (Lipinski definition) is 15. The van der Waals surface area contributed by atoms with Crippen molar-refractivity contribution >= 4 is 39.5 Å². The molecule has 0 saturated heterocycles. The molecule has 0 aliphatic carbocycles. The van der Waals surface area contributed by atoms with E-state index in [-0.39, 0.29) is 25.7 Å². The standard InChI is InChI=1S/C71H138O17P2/c1-7-9-11-13-15-17-19-27-31-34-41-47-53-68(73)81-59-66(87-71(76)56-50-44-36-32-28-25-23-21-20-22-24-26-29-33-39-45-51-63(3)4)61-85-89(77,78)83-57-65(72)58-84-90(79,80)86-62-67(60-82-69(74)54-48-42-38-37-40-46-52-64(5)6)88-70(75)55-49-43-35-30-18-16-14-12-10-8-2/h63-67,72H,7-62H2,1-6H3,(H,77,78)(H,79,80)/t65-,66-,67-/m1/s1. The van der Waals surface area contributed by atoms with Gasteiger partial charge in [0.05, 0.1) is 26.4 Å². The van der Waals surface area contributed by atoms with E-state index in [9.17, 15) is 43.2 Å². The summed E-state index contributed by atoms with van der Waals surface area (Å²) in [6, 6.07) is 0. The fourth-order valence-electron chi connectivity index (χ4n) is 10.8. The molecule has 19 heteroatoms. The van der Waals surface area contributed by atoms with Crippen molar-refractivity contribution in [2.24, 2.45) is 11.8 Å². The van der Waals surface area contributed by atoms with Crippen LogP contribution in [0, 0.1) is 11.8 Å². The summed E-state index contributed by atoms with van der Waals surface area (Å²) in [5.41, 5.74) is 0. The number of hydrogen-bond donors (Lipinski definition) is 3. The van der Waals surface area contributed by atoms with Crippen molar-refractivity contribution in [3.63, 3.8) is 0 Å². The van der Waals surface area contributed by atoms with Gasteiger partial charge in [0.15, 0.2) is 12.2 Å². The quantitative estimate of drug-likeness (QED) is 0.0222. The summed E-state index contributed by atoms with van der Waals surface area (Å²) in [4.78, 5) is 72.5. The highest BCUT2D eigenvalue weighted by Gasteiger charge is 2.30. The highest BCUT2D eigenvalue weighted by Crippen LogP contribution is 2.45. The first-order chi connectivity index (χ1) is 43.4. The molecule has 90 heavy (non-hydrogen) atoms. The molecule has 0 bridgehead atoms. The van der Waals surface area contributed by atoms with Gasteiger partial charge in [-0.05, 0) is 37.5 Å². The zero-order valence-electron chi connectivity index (χ0n) is 58.4. The van der Waals surface area contributed by atoms with Crippen LogP contribution < -0.4 is 0 Å². The van der Waals surface area contributed by atoms with Gasteiger partial charge in [0.1, 0.15) is 19.3 Å². The van der Waals surface area contributed by atoms with Gasteiger partial charge in [-0.1, -0.05) is 311 Å². The summed E-state index contributed by atoms with van der Waals surface area (Å²) >= 11 is 0. The van der Waals surface area contributed by atoms with E-state index in [1.165, 1.54) is 173 Å². The molecule has 5 atom stereocenters. The molecule has 0 aliphatic heterocycles. The minimum atomic E-state index is -4.95. The predicted molar refractivity (Wildman–Crippen MR) is 363 cm³/mol. The normalized spacial score (nSPS) is 14.1. The van der Waals surface area contributed by atoms with Crippen molar-refractivity contribution in [3.05, 3.63) is 0 Å². The molecule has 17 nitrogen and oxygen atoms in total. The molecule has 0 fully saturated rings. The van der Waals surface area contributed by atoms with E-state index in [4.69, 9.17) is 37.0 Å². The first kappa shape index (κ1) is 88.1. The van der Waals surface area contributed by atoms with E-state index in [0.717, 1.165) is 102 Å². The summed E-state index contributed by atoms with van der Waals surface area (Å²) in [5, 5.41) is 10.6. The molecule has 0 amide bonds. The maximum absolute atomic E-state index is 13.0. The van der Waals surface area contributed by atoms with E-state index in [2.05, 4.69) is 41.5 Å².